The molecule has 0 radical (unpaired) electrons. The third-order valence-corrected chi connectivity index (χ3v) is 3.06. The standard InChI is InChI=1S/C15H12N2O2/c18-10-12-9-17(15-14(12)5-2-6-16-15)8-11-3-1-4-13(19)7-11/h1-7,9-10,19H,8H2. The number of aldehydes is 1. The molecule has 4 nitrogen and oxygen atoms in total. The topological polar surface area (TPSA) is 55.1 Å². The van der Waals surface area contributed by atoms with E-state index in [1.165, 1.54) is 0 Å². The smallest absolute Gasteiger partial charge is 0.152 e. The Kier molecular flexibility index (Phi) is 2.76. The molecule has 0 aliphatic rings. The number of aromatic hydroxyl groups is 1. The van der Waals surface area contributed by atoms with Crippen molar-refractivity contribution in [3.05, 3.63) is 59.9 Å². The molecule has 0 atom stereocenters. The van der Waals surface area contributed by atoms with Crippen LogP contribution in [0.15, 0.2) is 48.8 Å². The predicted molar refractivity (Wildman–Crippen MR) is 72.3 cm³/mol. The first kappa shape index (κ1) is 11.5. The number of aromatic nitrogens is 2. The summed E-state index contributed by atoms with van der Waals surface area (Å²) in [6.07, 6.45) is 4.33. The minimum Gasteiger partial charge on any atom is -0.508 e. The van der Waals surface area contributed by atoms with Gasteiger partial charge in [0.1, 0.15) is 11.4 Å². The fourth-order valence-corrected chi connectivity index (χ4v) is 2.22. The Balaban J connectivity index is 2.08. The van der Waals surface area contributed by atoms with Gasteiger partial charge in [0.05, 0.1) is 0 Å². The van der Waals surface area contributed by atoms with E-state index in [-0.39, 0.29) is 5.75 Å². The largest absolute Gasteiger partial charge is 0.508 e. The van der Waals surface area contributed by atoms with Gasteiger partial charge in [0.25, 0.3) is 0 Å². The van der Waals surface area contributed by atoms with Crippen molar-refractivity contribution in [1.29, 1.82) is 0 Å². The third-order valence-electron chi connectivity index (χ3n) is 3.06. The summed E-state index contributed by atoms with van der Waals surface area (Å²) in [6.45, 7) is 0.565. The van der Waals surface area contributed by atoms with Crippen molar-refractivity contribution in [1.82, 2.24) is 9.55 Å². The number of phenols is 1. The lowest BCUT2D eigenvalue weighted by Gasteiger charge is -2.05. The van der Waals surface area contributed by atoms with Crippen molar-refractivity contribution in [3.63, 3.8) is 0 Å². The molecule has 0 saturated carbocycles. The minimum atomic E-state index is 0.234. The average Bonchev–Trinajstić information content (AvgIpc) is 2.77. The summed E-state index contributed by atoms with van der Waals surface area (Å²) in [5.41, 5.74) is 2.36. The molecule has 2 aromatic heterocycles. The van der Waals surface area contributed by atoms with E-state index in [1.54, 1.807) is 30.6 Å². The van der Waals surface area contributed by atoms with Crippen LogP contribution in [0.3, 0.4) is 0 Å². The second-order valence-corrected chi connectivity index (χ2v) is 4.37. The molecule has 0 unspecified atom stereocenters. The van der Waals surface area contributed by atoms with Gasteiger partial charge in [-0.1, -0.05) is 12.1 Å². The van der Waals surface area contributed by atoms with E-state index < -0.39 is 0 Å². The van der Waals surface area contributed by atoms with Crippen LogP contribution < -0.4 is 0 Å². The van der Waals surface area contributed by atoms with Crippen LogP contribution in [-0.4, -0.2) is 20.9 Å². The summed E-state index contributed by atoms with van der Waals surface area (Å²) >= 11 is 0. The van der Waals surface area contributed by atoms with Gasteiger partial charge in [-0.15, -0.1) is 0 Å². The lowest BCUT2D eigenvalue weighted by molar-refractivity contribution is 0.112. The van der Waals surface area contributed by atoms with E-state index >= 15 is 0 Å². The van der Waals surface area contributed by atoms with Crippen molar-refractivity contribution in [2.45, 2.75) is 6.54 Å². The maximum Gasteiger partial charge on any atom is 0.152 e. The van der Waals surface area contributed by atoms with Gasteiger partial charge >= 0.3 is 0 Å². The molecule has 1 N–H and O–H groups in total. The van der Waals surface area contributed by atoms with Crippen molar-refractivity contribution >= 4 is 17.3 Å². The number of benzene rings is 1. The average molecular weight is 252 g/mol. The van der Waals surface area contributed by atoms with E-state index in [0.29, 0.717) is 12.1 Å². The van der Waals surface area contributed by atoms with Crippen LogP contribution in [0, 0.1) is 0 Å². The van der Waals surface area contributed by atoms with Crippen molar-refractivity contribution in [3.8, 4) is 5.75 Å². The van der Waals surface area contributed by atoms with E-state index in [0.717, 1.165) is 22.9 Å². The Morgan fingerprint density at radius 2 is 2.16 bits per heavy atom. The minimum absolute atomic E-state index is 0.234. The second kappa shape index (κ2) is 4.57. The number of pyridine rings is 1. The molecule has 0 fully saturated rings. The number of fused-ring (bicyclic) bond motifs is 1. The van der Waals surface area contributed by atoms with Gasteiger partial charge in [-0.05, 0) is 29.8 Å². The van der Waals surface area contributed by atoms with Gasteiger partial charge in [-0.25, -0.2) is 4.98 Å². The van der Waals surface area contributed by atoms with Crippen LogP contribution in [0.5, 0.6) is 5.75 Å². The summed E-state index contributed by atoms with van der Waals surface area (Å²) in [5, 5.41) is 10.3. The molecular formula is C15H12N2O2. The van der Waals surface area contributed by atoms with Crippen LogP contribution in [0.25, 0.3) is 11.0 Å². The number of nitrogens with zero attached hydrogens (tertiary/aromatic N) is 2. The molecule has 3 rings (SSSR count). The number of phenolic OH excluding ortho intramolecular Hbond substituents is 1. The first-order valence-electron chi connectivity index (χ1n) is 5.95. The molecule has 0 amide bonds. The molecule has 4 heteroatoms. The quantitative estimate of drug-likeness (QED) is 0.729. The van der Waals surface area contributed by atoms with E-state index in [1.807, 2.05) is 22.8 Å². The predicted octanol–water partition coefficient (Wildman–Crippen LogP) is 2.60. The summed E-state index contributed by atoms with van der Waals surface area (Å²) in [4.78, 5) is 15.4. The molecule has 0 spiro atoms. The fraction of sp³-hybridized carbons (Fsp3) is 0.0667. The molecule has 3 aromatic rings. The van der Waals surface area contributed by atoms with Crippen molar-refractivity contribution in [2.24, 2.45) is 0 Å². The highest BCUT2D eigenvalue weighted by molar-refractivity contribution is 5.95. The maximum atomic E-state index is 11.1. The molecule has 0 saturated heterocycles. The Morgan fingerprint density at radius 1 is 1.26 bits per heavy atom. The van der Waals surface area contributed by atoms with Crippen LogP contribution >= 0.6 is 0 Å². The zero-order valence-electron chi connectivity index (χ0n) is 10.2. The first-order chi connectivity index (χ1) is 9.28. The number of hydrogen-bond acceptors (Lipinski definition) is 3. The molecule has 19 heavy (non-hydrogen) atoms. The number of rotatable bonds is 3. The molecule has 2 heterocycles. The van der Waals surface area contributed by atoms with E-state index in [9.17, 15) is 9.90 Å². The summed E-state index contributed by atoms with van der Waals surface area (Å²) in [7, 11) is 0. The number of carbonyl (C=O) groups excluding carboxylic acids is 1. The number of carbonyl (C=O) groups is 1. The van der Waals surface area contributed by atoms with Gasteiger partial charge in [-0.3, -0.25) is 4.79 Å². The molecule has 1 aromatic carbocycles. The SMILES string of the molecule is O=Cc1cn(Cc2cccc(O)c2)c2ncccc12. The molecule has 94 valence electrons. The first-order valence-corrected chi connectivity index (χ1v) is 5.95. The highest BCUT2D eigenvalue weighted by atomic mass is 16.3. The van der Waals surface area contributed by atoms with Crippen LogP contribution in [-0.2, 0) is 6.54 Å². The van der Waals surface area contributed by atoms with Crippen LogP contribution in [0.4, 0.5) is 0 Å². The second-order valence-electron chi connectivity index (χ2n) is 4.37. The Hall–Kier alpha value is -2.62. The number of hydrogen-bond donors (Lipinski definition) is 1. The third kappa shape index (κ3) is 2.08. The molecule has 0 aliphatic carbocycles. The lowest BCUT2D eigenvalue weighted by Crippen LogP contribution is -1.98. The lowest BCUT2D eigenvalue weighted by atomic mass is 10.2. The van der Waals surface area contributed by atoms with Gasteiger partial charge in [-0.2, -0.15) is 0 Å². The summed E-state index contributed by atoms with van der Waals surface area (Å²) in [5.74, 6) is 0.234. The van der Waals surface area contributed by atoms with Gasteiger partial charge in [0.15, 0.2) is 6.29 Å². The maximum absolute atomic E-state index is 11.1. The van der Waals surface area contributed by atoms with Gasteiger partial charge in [0.2, 0.25) is 0 Å². The van der Waals surface area contributed by atoms with Crippen molar-refractivity contribution < 1.29 is 9.90 Å². The normalized spacial score (nSPS) is 10.7. The monoisotopic (exact) mass is 252 g/mol. The van der Waals surface area contributed by atoms with E-state index in [4.69, 9.17) is 0 Å². The van der Waals surface area contributed by atoms with Crippen molar-refractivity contribution in [2.75, 3.05) is 0 Å². The summed E-state index contributed by atoms with van der Waals surface area (Å²) in [6, 6.07) is 10.8. The van der Waals surface area contributed by atoms with Crippen LogP contribution in [0.1, 0.15) is 15.9 Å². The van der Waals surface area contributed by atoms with E-state index in [2.05, 4.69) is 4.98 Å². The molecule has 0 aliphatic heterocycles. The van der Waals surface area contributed by atoms with Gasteiger partial charge < -0.3 is 9.67 Å². The van der Waals surface area contributed by atoms with Crippen LogP contribution in [0.2, 0.25) is 0 Å². The Labute approximate surface area is 109 Å². The summed E-state index contributed by atoms with van der Waals surface area (Å²) < 4.78 is 1.91. The zero-order chi connectivity index (χ0) is 13.2. The molecular weight excluding hydrogens is 240 g/mol. The highest BCUT2D eigenvalue weighted by Crippen LogP contribution is 2.20. The molecule has 0 bridgehead atoms. The zero-order valence-corrected chi connectivity index (χ0v) is 10.2. The van der Waals surface area contributed by atoms with Gasteiger partial charge in [0, 0.05) is 29.9 Å². The Morgan fingerprint density at radius 3 is 2.95 bits per heavy atom. The fourth-order valence-electron chi connectivity index (χ4n) is 2.22. The Bertz CT molecular complexity index is 747. The highest BCUT2D eigenvalue weighted by Gasteiger charge is 2.08.